The first-order valence-electron chi connectivity index (χ1n) is 3.40. The molecule has 0 bridgehead atoms. The number of rotatable bonds is 1. The normalized spacial score (nSPS) is 11.8. The Morgan fingerprint density at radius 3 is 2.54 bits per heavy atom. The maximum atomic E-state index is 13.0. The Labute approximate surface area is 78.4 Å². The van der Waals surface area contributed by atoms with Gasteiger partial charge < -0.3 is 5.21 Å². The lowest BCUT2D eigenvalue weighted by atomic mass is 10.1. The molecule has 0 radical (unpaired) electrons. The Bertz CT molecular complexity index is 365. The first-order valence-corrected chi connectivity index (χ1v) is 3.78. The van der Waals surface area contributed by atoms with Gasteiger partial charge in [0, 0.05) is 0 Å². The summed E-state index contributed by atoms with van der Waals surface area (Å²) in [7, 11) is 0. The van der Waals surface area contributed by atoms with Crippen LogP contribution in [0.25, 0.3) is 0 Å². The van der Waals surface area contributed by atoms with Crippen LogP contribution in [0.4, 0.5) is 8.78 Å². The van der Waals surface area contributed by atoms with Crippen LogP contribution < -0.4 is 0 Å². The number of hydrogen-bond acceptors (Lipinski definition) is 2. The summed E-state index contributed by atoms with van der Waals surface area (Å²) in [5, 5.41) is 10.3. The van der Waals surface area contributed by atoms with E-state index in [1.165, 1.54) is 19.1 Å². The van der Waals surface area contributed by atoms with Crippen LogP contribution in [0.2, 0.25) is 0 Å². The molecule has 2 nitrogen and oxygen atoms in total. The van der Waals surface area contributed by atoms with E-state index in [9.17, 15) is 8.78 Å². The second kappa shape index (κ2) is 3.70. The summed E-state index contributed by atoms with van der Waals surface area (Å²) in [5.74, 6) is -2.10. The van der Waals surface area contributed by atoms with E-state index in [1.54, 1.807) is 0 Å². The third-order valence-corrected chi connectivity index (χ3v) is 1.86. The number of nitrogens with zero attached hydrogens (tertiary/aromatic N) is 1. The molecule has 1 aromatic rings. The summed E-state index contributed by atoms with van der Waals surface area (Å²) < 4.78 is 26.0. The zero-order valence-electron chi connectivity index (χ0n) is 6.68. The molecular weight excluding hydrogens is 200 g/mol. The lowest BCUT2D eigenvalue weighted by Crippen LogP contribution is -2.00. The highest BCUT2D eigenvalue weighted by Gasteiger charge is 2.14. The van der Waals surface area contributed by atoms with Crippen molar-refractivity contribution in [2.45, 2.75) is 6.92 Å². The van der Waals surface area contributed by atoms with Crippen molar-refractivity contribution >= 4 is 16.8 Å². The number of hydrogen-bond donors (Lipinski definition) is 1. The predicted octanol–water partition coefficient (Wildman–Crippen LogP) is 2.65. The molecule has 5 heteroatoms. The molecule has 13 heavy (non-hydrogen) atoms. The fourth-order valence-corrected chi connectivity index (χ4v) is 1.01. The van der Waals surface area contributed by atoms with E-state index in [1.807, 2.05) is 0 Å². The zero-order valence-corrected chi connectivity index (χ0v) is 7.44. The van der Waals surface area contributed by atoms with Crippen molar-refractivity contribution in [1.29, 1.82) is 0 Å². The van der Waals surface area contributed by atoms with Crippen molar-refractivity contribution in [1.82, 2.24) is 0 Å². The van der Waals surface area contributed by atoms with E-state index in [2.05, 4.69) is 5.16 Å². The molecule has 0 aliphatic carbocycles. The van der Waals surface area contributed by atoms with Gasteiger partial charge in [0.2, 0.25) is 0 Å². The van der Waals surface area contributed by atoms with Crippen LogP contribution in [0.15, 0.2) is 17.3 Å². The number of halogens is 3. The maximum absolute atomic E-state index is 13.0. The summed E-state index contributed by atoms with van der Waals surface area (Å²) in [6, 6.07) is 2.59. The molecule has 0 saturated carbocycles. The van der Waals surface area contributed by atoms with Crippen molar-refractivity contribution in [3.8, 4) is 0 Å². The van der Waals surface area contributed by atoms with Crippen LogP contribution in [0.5, 0.6) is 0 Å². The lowest BCUT2D eigenvalue weighted by molar-refractivity contribution is 0.320. The van der Waals surface area contributed by atoms with Gasteiger partial charge in [0.25, 0.3) is 0 Å². The van der Waals surface area contributed by atoms with Gasteiger partial charge in [0.15, 0.2) is 16.8 Å². The molecular formula is C8H6ClF2NO. The molecule has 1 aromatic carbocycles. The van der Waals surface area contributed by atoms with E-state index in [4.69, 9.17) is 16.8 Å². The fraction of sp³-hybridized carbons (Fsp3) is 0.125. The van der Waals surface area contributed by atoms with Crippen molar-refractivity contribution < 1.29 is 14.0 Å². The van der Waals surface area contributed by atoms with Crippen LogP contribution >= 0.6 is 11.6 Å². The largest absolute Gasteiger partial charge is 0.410 e. The van der Waals surface area contributed by atoms with Gasteiger partial charge in [-0.2, -0.15) is 0 Å². The molecule has 0 aliphatic rings. The summed E-state index contributed by atoms with van der Waals surface area (Å²) >= 11 is 5.31. The van der Waals surface area contributed by atoms with Gasteiger partial charge in [-0.05, 0) is 18.6 Å². The predicted molar refractivity (Wildman–Crippen MR) is 45.3 cm³/mol. The van der Waals surface area contributed by atoms with Crippen molar-refractivity contribution in [3.05, 3.63) is 34.9 Å². The van der Waals surface area contributed by atoms with Crippen LogP contribution in [0.1, 0.15) is 11.1 Å². The Morgan fingerprint density at radius 2 is 2.00 bits per heavy atom. The Balaban J connectivity index is 3.34. The third kappa shape index (κ3) is 1.78. The highest BCUT2D eigenvalue weighted by molar-refractivity contribution is 6.69. The SMILES string of the molecule is Cc1ccc(C(Cl)=NO)c(F)c1F. The van der Waals surface area contributed by atoms with E-state index >= 15 is 0 Å². The lowest BCUT2D eigenvalue weighted by Gasteiger charge is -2.02. The quantitative estimate of drug-likeness (QED) is 0.427. The minimum atomic E-state index is -1.11. The first-order chi connectivity index (χ1) is 6.07. The first kappa shape index (κ1) is 9.92. The van der Waals surface area contributed by atoms with Crippen molar-refractivity contribution in [2.24, 2.45) is 5.16 Å². The van der Waals surface area contributed by atoms with Crippen LogP contribution in [-0.2, 0) is 0 Å². The molecule has 0 atom stereocenters. The van der Waals surface area contributed by atoms with Crippen molar-refractivity contribution in [3.63, 3.8) is 0 Å². The molecule has 0 heterocycles. The Morgan fingerprint density at radius 1 is 1.38 bits per heavy atom. The number of oxime groups is 1. The standard InChI is InChI=1S/C8H6ClF2NO/c1-4-2-3-5(8(9)12-13)7(11)6(4)10/h2-3,13H,1H3. The molecule has 0 unspecified atom stereocenters. The molecule has 70 valence electrons. The topological polar surface area (TPSA) is 32.6 Å². The summed E-state index contributed by atoms with van der Waals surface area (Å²) in [5.41, 5.74) is -0.0871. The molecule has 0 amide bonds. The van der Waals surface area contributed by atoms with Gasteiger partial charge in [-0.15, -0.1) is 0 Å². The monoisotopic (exact) mass is 205 g/mol. The highest BCUT2D eigenvalue weighted by atomic mass is 35.5. The van der Waals surface area contributed by atoms with Gasteiger partial charge in [-0.3, -0.25) is 0 Å². The average Bonchev–Trinajstić information content (AvgIpc) is 2.13. The average molecular weight is 206 g/mol. The molecule has 0 saturated heterocycles. The van der Waals surface area contributed by atoms with Gasteiger partial charge in [0.05, 0.1) is 5.56 Å². The van der Waals surface area contributed by atoms with Crippen LogP contribution in [0, 0.1) is 18.6 Å². The van der Waals surface area contributed by atoms with Crippen molar-refractivity contribution in [2.75, 3.05) is 0 Å². The smallest absolute Gasteiger partial charge is 0.178 e. The Kier molecular flexibility index (Phi) is 2.83. The van der Waals surface area contributed by atoms with Crippen LogP contribution in [0.3, 0.4) is 0 Å². The molecule has 0 aliphatic heterocycles. The van der Waals surface area contributed by atoms with Gasteiger partial charge in [-0.25, -0.2) is 8.78 Å². The second-order valence-electron chi connectivity index (χ2n) is 2.45. The summed E-state index contributed by atoms with van der Waals surface area (Å²) in [6.07, 6.45) is 0. The third-order valence-electron chi connectivity index (χ3n) is 1.59. The van der Waals surface area contributed by atoms with E-state index in [-0.39, 0.29) is 11.1 Å². The molecule has 1 rings (SSSR count). The summed E-state index contributed by atoms with van der Waals surface area (Å²) in [6.45, 7) is 1.42. The minimum Gasteiger partial charge on any atom is -0.410 e. The van der Waals surface area contributed by atoms with E-state index in [0.29, 0.717) is 0 Å². The van der Waals surface area contributed by atoms with Crippen LogP contribution in [-0.4, -0.2) is 10.4 Å². The van der Waals surface area contributed by atoms with Gasteiger partial charge >= 0.3 is 0 Å². The highest BCUT2D eigenvalue weighted by Crippen LogP contribution is 2.17. The van der Waals surface area contributed by atoms with E-state index in [0.717, 1.165) is 0 Å². The summed E-state index contributed by atoms with van der Waals surface area (Å²) in [4.78, 5) is 0. The minimum absolute atomic E-state index is 0.170. The number of benzene rings is 1. The number of aryl methyl sites for hydroxylation is 1. The second-order valence-corrected chi connectivity index (χ2v) is 2.81. The Hall–Kier alpha value is -1.16. The van der Waals surface area contributed by atoms with Gasteiger partial charge in [0.1, 0.15) is 0 Å². The van der Waals surface area contributed by atoms with Gasteiger partial charge in [-0.1, -0.05) is 22.8 Å². The molecule has 0 fully saturated rings. The van der Waals surface area contributed by atoms with E-state index < -0.39 is 16.8 Å². The molecule has 1 N–H and O–H groups in total. The molecule has 0 aromatic heterocycles. The molecule has 0 spiro atoms. The maximum Gasteiger partial charge on any atom is 0.178 e. The zero-order chi connectivity index (χ0) is 10.0. The fourth-order valence-electron chi connectivity index (χ4n) is 0.859.